The molecule has 1 aliphatic heterocycles. The highest BCUT2D eigenvalue weighted by Gasteiger charge is 2.54. The molecule has 0 bridgehead atoms. The van der Waals surface area contributed by atoms with E-state index in [2.05, 4.69) is 54.3 Å². The summed E-state index contributed by atoms with van der Waals surface area (Å²) in [5, 5.41) is 4.84. The van der Waals surface area contributed by atoms with Gasteiger partial charge in [0, 0.05) is 29.6 Å². The van der Waals surface area contributed by atoms with Gasteiger partial charge in [0.2, 0.25) is 0 Å². The molecule has 5 rings (SSSR count). The van der Waals surface area contributed by atoms with Crippen LogP contribution in [0.25, 0.3) is 10.9 Å². The summed E-state index contributed by atoms with van der Waals surface area (Å²) in [4.78, 5) is 16.0. The van der Waals surface area contributed by atoms with Crippen LogP contribution >= 0.6 is 0 Å². The molecular weight excluding hydrogens is 360 g/mol. The van der Waals surface area contributed by atoms with Crippen molar-refractivity contribution in [2.75, 3.05) is 13.1 Å². The molecule has 0 amide bonds. The first-order valence-electron chi connectivity index (χ1n) is 11.2. The van der Waals surface area contributed by atoms with Crippen LogP contribution in [0.3, 0.4) is 0 Å². The van der Waals surface area contributed by atoms with Gasteiger partial charge in [0.15, 0.2) is 0 Å². The number of aromatic amines is 1. The van der Waals surface area contributed by atoms with Gasteiger partial charge in [0.25, 0.3) is 0 Å². The van der Waals surface area contributed by atoms with Gasteiger partial charge in [-0.3, -0.25) is 4.79 Å². The number of fused-ring (bicyclic) bond motifs is 3. The standard InChI is InChI=1S/C25H32N2O2/c1-16-6-5-10-25(2)13-23-19(12-21(16)25)20(24(28)29-23)15-26-11-9-17-14-27-22-8-4-3-7-18(17)22/h3-4,7-8,14,19-21,23,26-27H,1,5-6,9-13,15H2,2H3/t19-,20-,21-,23+,25-/m0/s1. The first-order chi connectivity index (χ1) is 14.0. The molecule has 2 N–H and O–H groups in total. The molecule has 0 unspecified atom stereocenters. The number of H-pyrrole nitrogens is 1. The number of ether oxygens (including phenoxy) is 1. The van der Waals surface area contributed by atoms with E-state index in [1.807, 2.05) is 0 Å². The molecule has 0 radical (unpaired) electrons. The lowest BCUT2D eigenvalue weighted by atomic mass is 9.55. The quantitative estimate of drug-likeness (QED) is 0.444. The summed E-state index contributed by atoms with van der Waals surface area (Å²) >= 11 is 0. The minimum Gasteiger partial charge on any atom is -0.462 e. The van der Waals surface area contributed by atoms with Crippen molar-refractivity contribution in [1.82, 2.24) is 10.3 Å². The molecule has 2 saturated carbocycles. The van der Waals surface area contributed by atoms with Gasteiger partial charge >= 0.3 is 5.97 Å². The molecule has 3 fully saturated rings. The van der Waals surface area contributed by atoms with E-state index in [9.17, 15) is 4.79 Å². The lowest BCUT2D eigenvalue weighted by molar-refractivity contribution is -0.146. The number of nitrogens with one attached hydrogen (secondary N) is 2. The van der Waals surface area contributed by atoms with Crippen molar-refractivity contribution in [3.8, 4) is 0 Å². The fourth-order valence-corrected chi connectivity index (χ4v) is 6.31. The summed E-state index contributed by atoms with van der Waals surface area (Å²) in [7, 11) is 0. The minimum atomic E-state index is -0.0118. The number of esters is 1. The number of rotatable bonds is 5. The predicted molar refractivity (Wildman–Crippen MR) is 116 cm³/mol. The highest BCUT2D eigenvalue weighted by Crippen LogP contribution is 2.56. The van der Waals surface area contributed by atoms with Crippen molar-refractivity contribution in [2.45, 2.75) is 51.6 Å². The zero-order chi connectivity index (χ0) is 20.0. The molecule has 2 aliphatic carbocycles. The minimum absolute atomic E-state index is 0.00690. The van der Waals surface area contributed by atoms with Gasteiger partial charge in [0.1, 0.15) is 6.10 Å². The van der Waals surface area contributed by atoms with E-state index in [1.54, 1.807) is 0 Å². The van der Waals surface area contributed by atoms with Crippen molar-refractivity contribution in [3.63, 3.8) is 0 Å². The molecule has 4 nitrogen and oxygen atoms in total. The number of hydrogen-bond donors (Lipinski definition) is 2. The number of carbonyl (C=O) groups is 1. The number of carbonyl (C=O) groups excluding carboxylic acids is 1. The number of hydrogen-bond acceptors (Lipinski definition) is 3. The van der Waals surface area contributed by atoms with Crippen LogP contribution in [0, 0.1) is 23.2 Å². The van der Waals surface area contributed by atoms with Crippen LogP contribution < -0.4 is 5.32 Å². The zero-order valence-electron chi connectivity index (χ0n) is 17.4. The monoisotopic (exact) mass is 392 g/mol. The molecule has 29 heavy (non-hydrogen) atoms. The Balaban J connectivity index is 1.20. The van der Waals surface area contributed by atoms with E-state index in [-0.39, 0.29) is 23.4 Å². The van der Waals surface area contributed by atoms with E-state index >= 15 is 0 Å². The van der Waals surface area contributed by atoms with Crippen LogP contribution in [0.4, 0.5) is 0 Å². The van der Waals surface area contributed by atoms with Crippen molar-refractivity contribution < 1.29 is 9.53 Å². The fraction of sp³-hybridized carbons (Fsp3) is 0.560. The van der Waals surface area contributed by atoms with E-state index in [0.29, 0.717) is 11.8 Å². The van der Waals surface area contributed by atoms with Crippen LogP contribution in [0.15, 0.2) is 42.6 Å². The van der Waals surface area contributed by atoms with Crippen molar-refractivity contribution >= 4 is 16.9 Å². The normalized spacial score (nSPS) is 34.1. The average molecular weight is 393 g/mol. The first-order valence-corrected chi connectivity index (χ1v) is 11.2. The van der Waals surface area contributed by atoms with Crippen LogP contribution in [0.1, 0.15) is 44.6 Å². The zero-order valence-corrected chi connectivity index (χ0v) is 17.4. The van der Waals surface area contributed by atoms with Gasteiger partial charge in [-0.25, -0.2) is 0 Å². The smallest absolute Gasteiger partial charge is 0.310 e. The molecule has 1 aromatic heterocycles. The third kappa shape index (κ3) is 3.31. The topological polar surface area (TPSA) is 54.1 Å². The summed E-state index contributed by atoms with van der Waals surface area (Å²) in [6.45, 7) is 8.37. The number of benzene rings is 1. The number of para-hydroxylation sites is 1. The Labute approximate surface area is 173 Å². The van der Waals surface area contributed by atoms with Crippen LogP contribution in [0.5, 0.6) is 0 Å². The Kier molecular flexibility index (Phi) is 4.78. The molecule has 2 aromatic rings. The van der Waals surface area contributed by atoms with Crippen molar-refractivity contribution in [3.05, 3.63) is 48.2 Å². The molecule has 4 heteroatoms. The lowest BCUT2D eigenvalue weighted by Crippen LogP contribution is -2.45. The third-order valence-corrected chi connectivity index (χ3v) is 7.93. The second-order valence-electron chi connectivity index (χ2n) is 9.72. The van der Waals surface area contributed by atoms with Gasteiger partial charge < -0.3 is 15.0 Å². The predicted octanol–water partition coefficient (Wildman–Crippen LogP) is 4.61. The second-order valence-corrected chi connectivity index (χ2v) is 9.72. The van der Waals surface area contributed by atoms with Gasteiger partial charge in [-0.1, -0.05) is 37.3 Å². The maximum absolute atomic E-state index is 12.6. The van der Waals surface area contributed by atoms with Crippen LogP contribution in [-0.4, -0.2) is 30.1 Å². The van der Waals surface area contributed by atoms with Gasteiger partial charge in [-0.15, -0.1) is 0 Å². The van der Waals surface area contributed by atoms with Crippen LogP contribution in [-0.2, 0) is 16.0 Å². The summed E-state index contributed by atoms with van der Waals surface area (Å²) in [5.74, 6) is 0.895. The highest BCUT2D eigenvalue weighted by molar-refractivity contribution is 5.83. The molecule has 5 atom stereocenters. The summed E-state index contributed by atoms with van der Waals surface area (Å²) in [5.41, 5.74) is 4.19. The molecule has 1 saturated heterocycles. The summed E-state index contributed by atoms with van der Waals surface area (Å²) in [6.07, 6.45) is 8.87. The second kappa shape index (κ2) is 7.32. The third-order valence-electron chi connectivity index (χ3n) is 7.93. The van der Waals surface area contributed by atoms with Gasteiger partial charge in [-0.2, -0.15) is 0 Å². The van der Waals surface area contributed by atoms with Gasteiger partial charge in [-0.05, 0) is 68.0 Å². The Hall–Kier alpha value is -2.07. The first kappa shape index (κ1) is 18.9. The van der Waals surface area contributed by atoms with Gasteiger partial charge in [0.05, 0.1) is 5.92 Å². The molecule has 154 valence electrons. The Morgan fingerprint density at radius 3 is 3.10 bits per heavy atom. The maximum atomic E-state index is 12.6. The summed E-state index contributed by atoms with van der Waals surface area (Å²) < 4.78 is 5.87. The molecule has 2 heterocycles. The van der Waals surface area contributed by atoms with Crippen LogP contribution in [0.2, 0.25) is 0 Å². The number of allylic oxidation sites excluding steroid dienone is 1. The van der Waals surface area contributed by atoms with E-state index in [4.69, 9.17) is 4.74 Å². The Morgan fingerprint density at radius 1 is 1.34 bits per heavy atom. The number of aromatic nitrogens is 1. The molecule has 3 aliphatic rings. The molecule has 1 aromatic carbocycles. The molecule has 0 spiro atoms. The molecular formula is C25H32N2O2. The lowest BCUT2D eigenvalue weighted by Gasteiger charge is -2.50. The summed E-state index contributed by atoms with van der Waals surface area (Å²) in [6, 6.07) is 8.41. The maximum Gasteiger partial charge on any atom is 0.310 e. The SMILES string of the molecule is C=C1CCC[C@@]2(C)C[C@H]3OC(=O)[C@@H](CNCCc4c[nH]c5ccccc45)[C@@H]3C[C@@H]12. The highest BCUT2D eigenvalue weighted by atomic mass is 16.6. The Bertz CT molecular complexity index is 932. The largest absolute Gasteiger partial charge is 0.462 e. The fourth-order valence-electron chi connectivity index (χ4n) is 6.31. The van der Waals surface area contributed by atoms with E-state index in [0.717, 1.165) is 38.8 Å². The Morgan fingerprint density at radius 2 is 2.21 bits per heavy atom. The van der Waals surface area contributed by atoms with Crippen molar-refractivity contribution in [2.24, 2.45) is 23.2 Å². The van der Waals surface area contributed by atoms with E-state index in [1.165, 1.54) is 34.9 Å². The van der Waals surface area contributed by atoms with E-state index < -0.39 is 0 Å². The average Bonchev–Trinajstić information content (AvgIpc) is 3.24. The van der Waals surface area contributed by atoms with Crippen molar-refractivity contribution in [1.29, 1.82) is 0 Å².